The van der Waals surface area contributed by atoms with Gasteiger partial charge >= 0.3 is 183 Å². The van der Waals surface area contributed by atoms with Crippen LogP contribution < -0.4 is 27.6 Å². The van der Waals surface area contributed by atoms with E-state index in [1.54, 1.807) is 0 Å². The Morgan fingerprint density at radius 3 is 0.444 bits per heavy atom. The molecule has 27 heteroatoms. The van der Waals surface area contributed by atoms with Gasteiger partial charge < -0.3 is 5.48 Å². The second-order valence-corrected chi connectivity index (χ2v) is 6.71. The molecule has 0 spiro atoms. The van der Waals surface area contributed by atoms with Crippen molar-refractivity contribution in [3.05, 3.63) is 0 Å². The Morgan fingerprint density at radius 1 is 0.444 bits per heavy atom. The van der Waals surface area contributed by atoms with Crippen molar-refractivity contribution < 1.29 is 257 Å². The molecule has 0 aromatic carbocycles. The molecule has 144 valence electrons. The van der Waals surface area contributed by atoms with Crippen molar-refractivity contribution in [2.75, 3.05) is 0 Å². The fourth-order valence-corrected chi connectivity index (χ4v) is 0. The third kappa shape index (κ3) is 473. The summed E-state index contributed by atoms with van der Waals surface area (Å²) in [7, 11) is 0. The van der Waals surface area contributed by atoms with Crippen molar-refractivity contribution in [2.45, 2.75) is 0 Å². The first kappa shape index (κ1) is 100. The Kier molecular flexibility index (Phi) is 340. The third-order valence-corrected chi connectivity index (χ3v) is 0. The molecule has 0 saturated carbocycles. The van der Waals surface area contributed by atoms with Crippen LogP contribution >= 0.6 is 0 Å². The summed E-state index contributed by atoms with van der Waals surface area (Å²) in [6, 6.07) is 0. The third-order valence-electron chi connectivity index (χ3n) is 0. The van der Waals surface area contributed by atoms with Crippen LogP contribution in [0.15, 0.2) is 0 Å². The van der Waals surface area contributed by atoms with E-state index < -0.39 is 82.3 Å². The Labute approximate surface area is 331 Å². The molecular weight excluding hydrogens is 1330 g/mol. The van der Waals surface area contributed by atoms with E-state index in [4.69, 9.17) is 39.9 Å². The average molecular weight is 1330 g/mol. The normalized spacial score (nSPS) is 3.85. The first-order chi connectivity index (χ1) is 6.93. The van der Waals surface area contributed by atoms with Gasteiger partial charge in [-0.15, -0.1) is 0 Å². The summed E-state index contributed by atoms with van der Waals surface area (Å²) < 4.78 is 103. The van der Waals surface area contributed by atoms with E-state index in [1.165, 1.54) is 0 Å². The molecule has 0 saturated heterocycles. The van der Waals surface area contributed by atoms with Gasteiger partial charge in [-0.05, 0) is 0 Å². The molecule has 0 N–H and O–H groups in total. The molecule has 0 aliphatic heterocycles. The van der Waals surface area contributed by atoms with Gasteiger partial charge in [0.1, 0.15) is 0 Å². The van der Waals surface area contributed by atoms with Gasteiger partial charge in [0.25, 0.3) is 0 Å². The maximum Gasteiger partial charge on any atom is 4.00 e. The predicted molar refractivity (Wildman–Crippen MR) is 26.4 cm³/mol. The average Bonchev–Trinajstić information content (AvgIpc) is 1.76. The molecule has 0 heterocycles. The largest absolute Gasteiger partial charge is 4.00 e. The van der Waals surface area contributed by atoms with Crippen LogP contribution in [0.1, 0.15) is 0 Å². The van der Waals surface area contributed by atoms with E-state index in [2.05, 4.69) is 0 Å². The second-order valence-electron chi connectivity index (χ2n) is 1.00. The van der Waals surface area contributed by atoms with E-state index in [9.17, 15) is 0 Å². The van der Waals surface area contributed by atoms with Crippen LogP contribution in [0.4, 0.5) is 0 Å². The molecule has 13 nitrogen and oxygen atoms in total. The van der Waals surface area contributed by atoms with E-state index in [1.807, 2.05) is 0 Å². The monoisotopic (exact) mass is 1330 g/mol. The molecule has 2 radical (unpaired) electrons. The zero-order chi connectivity index (χ0) is 14.3. The topological polar surface area (TPSA) is 281 Å². The Morgan fingerprint density at radius 2 is 0.444 bits per heavy atom. The van der Waals surface area contributed by atoms with Gasteiger partial charge in [0.05, 0.1) is 0 Å². The van der Waals surface area contributed by atoms with E-state index in [0.29, 0.717) is 0 Å². The van der Waals surface area contributed by atoms with Crippen molar-refractivity contribution in [2.24, 2.45) is 0 Å². The molecule has 0 aromatic rings. The van der Waals surface area contributed by atoms with Crippen LogP contribution in [-0.2, 0) is 230 Å². The van der Waals surface area contributed by atoms with Gasteiger partial charge in [-0.3, -0.25) is 0 Å². The summed E-state index contributed by atoms with van der Waals surface area (Å²) in [6.45, 7) is 0. The summed E-state index contributed by atoms with van der Waals surface area (Å²) in [5, 5.41) is 0. The molecule has 0 fully saturated rings. The Balaban J connectivity index is -0.00000000482. The van der Waals surface area contributed by atoms with Crippen LogP contribution in [0.3, 0.4) is 0 Å². The van der Waals surface area contributed by atoms with Crippen molar-refractivity contribution in [1.29, 1.82) is 0 Å². The van der Waals surface area contributed by atoms with E-state index in [0.717, 1.165) is 0 Å². The molecule has 0 aliphatic carbocycles. The zero-order valence-corrected chi connectivity index (χ0v) is 43.6. The van der Waals surface area contributed by atoms with Gasteiger partial charge in [0, 0.05) is 151 Å². The van der Waals surface area contributed by atoms with Gasteiger partial charge in [0.15, 0.2) is 0 Å². The fraction of sp³-hybridized carbons (Fsp3) is 0. The number of rotatable bonds is 0. The fourth-order valence-electron chi connectivity index (χ4n) is 0. The molecule has 0 amide bonds. The predicted octanol–water partition coefficient (Wildman–Crippen LogP) is -11.7. The molecule has 27 heavy (non-hydrogen) atoms. The van der Waals surface area contributed by atoms with E-state index in [-0.39, 0.29) is 217 Å². The van der Waals surface area contributed by atoms with Gasteiger partial charge in [0.2, 0.25) is 0 Å². The Hall–Kier alpha value is 8.96. The number of hydrogen-bond donors (Lipinski definition) is 0. The smallest absolute Gasteiger partial charge is 0 e. The minimum atomic E-state index is -4.29. The molecule has 0 aliphatic rings. The van der Waals surface area contributed by atoms with Crippen molar-refractivity contribution >= 4 is 82.3 Å². The van der Waals surface area contributed by atoms with Crippen molar-refractivity contribution in [3.8, 4) is 0 Å². The van der Waals surface area contributed by atoms with Crippen LogP contribution in [0, 0.1) is 0 Å². The molecule has 0 bridgehead atoms. The number of hydrogen-bond acceptors (Lipinski definition) is 12. The quantitative estimate of drug-likeness (QED) is 0.205. The molecule has 0 unspecified atom stereocenters. The summed E-state index contributed by atoms with van der Waals surface area (Å²) in [5.74, 6) is 0. The van der Waals surface area contributed by atoms with E-state index >= 15 is 0 Å². The summed E-state index contributed by atoms with van der Waals surface area (Å²) >= 11 is -17.2. The van der Waals surface area contributed by atoms with Gasteiger partial charge in [-0.2, -0.15) is 0 Å². The SMILES string of the molecule is [Ag].[Ag].[O-2].[O]=[Sn]([O-])[O-].[O]=[Sn]([O-])[O-].[O]=[Sn]([O-])[O-].[O]=[Sn]([O-])[O-].[Ti+4].[Ti].[Ti].[Ti].[Ti].[Zn+2].[Zn+2].[Zn]. The second kappa shape index (κ2) is 91.8. The first-order valence-electron chi connectivity index (χ1n) is 2.45. The molecular formula is Ag2O13Sn4Ti5Zn3-2. The van der Waals surface area contributed by atoms with Crippen molar-refractivity contribution in [3.63, 3.8) is 0 Å². The summed E-state index contributed by atoms with van der Waals surface area (Å²) in [6.07, 6.45) is 0. The molecule has 0 aromatic heterocycles. The van der Waals surface area contributed by atoms with Gasteiger partial charge in [-0.1, -0.05) is 0 Å². The maximum atomic E-state index is 8.61. The molecule has 0 atom stereocenters. The minimum Gasteiger partial charge on any atom is 0 e. The standard InChI is InChI=1S/2Ag.13O.4Sn.5Ti.3Zn/q;;;;;;-2;8*-1;;;;;;;;;+4;;2*+2. The van der Waals surface area contributed by atoms with Gasteiger partial charge in [-0.25, -0.2) is 0 Å². The summed E-state index contributed by atoms with van der Waals surface area (Å²) in [5.41, 5.74) is 0. The van der Waals surface area contributed by atoms with Crippen molar-refractivity contribution in [1.82, 2.24) is 0 Å². The van der Waals surface area contributed by atoms with Crippen LogP contribution in [0.25, 0.3) is 0 Å². The first-order valence-corrected chi connectivity index (χ1v) is 16.4. The maximum absolute atomic E-state index is 8.61. The van der Waals surface area contributed by atoms with Crippen LogP contribution in [-0.4, -0.2) is 82.3 Å². The minimum absolute atomic E-state index is 0. The summed E-state index contributed by atoms with van der Waals surface area (Å²) in [4.78, 5) is 0. The van der Waals surface area contributed by atoms with Crippen LogP contribution in [0.5, 0.6) is 0 Å². The zero-order valence-electron chi connectivity index (χ0n) is 12.5. The Bertz CT molecular complexity index is 194. The molecule has 0 rings (SSSR count). The van der Waals surface area contributed by atoms with Crippen LogP contribution in [0.2, 0.25) is 0 Å².